The third-order valence-corrected chi connectivity index (χ3v) is 4.91. The zero-order valence-corrected chi connectivity index (χ0v) is 11.3. The van der Waals surface area contributed by atoms with Gasteiger partial charge in [0.2, 0.25) is 0 Å². The van der Waals surface area contributed by atoms with E-state index in [2.05, 4.69) is 6.92 Å². The Morgan fingerprint density at radius 2 is 1.76 bits per heavy atom. The quantitative estimate of drug-likeness (QED) is 0.825. The van der Waals surface area contributed by atoms with Gasteiger partial charge < -0.3 is 15.2 Å². The molecule has 1 aliphatic heterocycles. The molecule has 1 heterocycles. The number of hydrogen-bond acceptors (Lipinski definition) is 3. The largest absolute Gasteiger partial charge is 0.381 e. The average molecular weight is 241 g/mol. The lowest BCUT2D eigenvalue weighted by Crippen LogP contribution is -2.56. The summed E-state index contributed by atoms with van der Waals surface area (Å²) in [6, 6.07) is 0.184. The molecule has 0 spiro atoms. The standard InChI is InChI=1S/C14H27NO2/c1-11-3-7-14(16-2,8-4-11)13(15)12-5-9-17-10-6-12/h11-13H,3-10,15H2,1-2H3. The van der Waals surface area contributed by atoms with E-state index in [1.807, 2.05) is 7.11 Å². The van der Waals surface area contributed by atoms with Gasteiger partial charge in [0.05, 0.1) is 5.60 Å². The van der Waals surface area contributed by atoms with E-state index in [4.69, 9.17) is 15.2 Å². The highest BCUT2D eigenvalue weighted by Gasteiger charge is 2.43. The highest BCUT2D eigenvalue weighted by atomic mass is 16.5. The minimum absolute atomic E-state index is 0.0610. The monoisotopic (exact) mass is 241 g/mol. The van der Waals surface area contributed by atoms with E-state index < -0.39 is 0 Å². The first-order valence-electron chi connectivity index (χ1n) is 7.06. The minimum atomic E-state index is -0.0610. The third kappa shape index (κ3) is 2.83. The second-order valence-electron chi connectivity index (χ2n) is 5.93. The minimum Gasteiger partial charge on any atom is -0.381 e. The molecule has 0 bridgehead atoms. The van der Waals surface area contributed by atoms with Crippen molar-refractivity contribution in [1.82, 2.24) is 0 Å². The first kappa shape index (κ1) is 13.3. The van der Waals surface area contributed by atoms with Crippen molar-refractivity contribution in [2.45, 2.75) is 57.1 Å². The van der Waals surface area contributed by atoms with Gasteiger partial charge in [-0.2, -0.15) is 0 Å². The van der Waals surface area contributed by atoms with Crippen LogP contribution in [-0.2, 0) is 9.47 Å². The van der Waals surface area contributed by atoms with E-state index in [9.17, 15) is 0 Å². The summed E-state index contributed by atoms with van der Waals surface area (Å²) in [7, 11) is 1.84. The molecule has 3 nitrogen and oxygen atoms in total. The lowest BCUT2D eigenvalue weighted by Gasteiger charge is -2.46. The summed E-state index contributed by atoms with van der Waals surface area (Å²) in [6.45, 7) is 4.07. The van der Waals surface area contributed by atoms with Crippen LogP contribution in [0, 0.1) is 11.8 Å². The molecular formula is C14H27NO2. The Morgan fingerprint density at radius 1 is 1.18 bits per heavy atom. The molecule has 2 aliphatic rings. The predicted octanol–water partition coefficient (Wildman–Crippen LogP) is 2.34. The van der Waals surface area contributed by atoms with Crippen molar-refractivity contribution in [3.8, 4) is 0 Å². The molecule has 0 radical (unpaired) electrons. The van der Waals surface area contributed by atoms with Crippen LogP contribution in [0.4, 0.5) is 0 Å². The van der Waals surface area contributed by atoms with Crippen LogP contribution in [0.5, 0.6) is 0 Å². The average Bonchev–Trinajstić information content (AvgIpc) is 2.40. The second kappa shape index (κ2) is 5.68. The third-order valence-electron chi connectivity index (χ3n) is 4.91. The van der Waals surface area contributed by atoms with Crippen molar-refractivity contribution >= 4 is 0 Å². The van der Waals surface area contributed by atoms with Gasteiger partial charge in [-0.15, -0.1) is 0 Å². The zero-order valence-electron chi connectivity index (χ0n) is 11.3. The molecule has 1 saturated carbocycles. The molecule has 3 heteroatoms. The lowest BCUT2D eigenvalue weighted by atomic mass is 9.70. The number of hydrogen-bond donors (Lipinski definition) is 1. The Hall–Kier alpha value is -0.120. The molecule has 2 N–H and O–H groups in total. The SMILES string of the molecule is COC1(C(N)C2CCOCC2)CCC(C)CC1. The van der Waals surface area contributed by atoms with E-state index in [-0.39, 0.29) is 11.6 Å². The Bertz CT molecular complexity index is 230. The van der Waals surface area contributed by atoms with E-state index in [1.165, 1.54) is 12.8 Å². The van der Waals surface area contributed by atoms with Crippen molar-refractivity contribution in [2.75, 3.05) is 20.3 Å². The molecule has 100 valence electrons. The van der Waals surface area contributed by atoms with Crippen LogP contribution in [0.25, 0.3) is 0 Å². The van der Waals surface area contributed by atoms with Crippen LogP contribution in [0.3, 0.4) is 0 Å². The smallest absolute Gasteiger partial charge is 0.0831 e. The summed E-state index contributed by atoms with van der Waals surface area (Å²) in [5, 5.41) is 0. The molecule has 1 saturated heterocycles. The Labute approximate surface area is 105 Å². The normalized spacial score (nSPS) is 37.9. The Kier molecular flexibility index (Phi) is 4.45. The Balaban J connectivity index is 2.00. The van der Waals surface area contributed by atoms with Crippen LogP contribution in [-0.4, -0.2) is 32.0 Å². The molecule has 0 amide bonds. The number of ether oxygens (including phenoxy) is 2. The summed E-state index contributed by atoms with van der Waals surface area (Å²) in [4.78, 5) is 0. The van der Waals surface area contributed by atoms with Crippen LogP contribution in [0.2, 0.25) is 0 Å². The van der Waals surface area contributed by atoms with Gasteiger partial charge in [0, 0.05) is 26.4 Å². The summed E-state index contributed by atoms with van der Waals surface area (Å²) < 4.78 is 11.3. The molecule has 1 atom stereocenters. The van der Waals surface area contributed by atoms with Gasteiger partial charge in [0.15, 0.2) is 0 Å². The summed E-state index contributed by atoms with van der Waals surface area (Å²) in [5.74, 6) is 1.41. The number of nitrogens with two attached hydrogens (primary N) is 1. The molecule has 2 fully saturated rings. The molecule has 0 aromatic heterocycles. The lowest BCUT2D eigenvalue weighted by molar-refractivity contribution is -0.0891. The van der Waals surface area contributed by atoms with Crippen molar-refractivity contribution in [3.05, 3.63) is 0 Å². The van der Waals surface area contributed by atoms with Crippen LogP contribution in [0.15, 0.2) is 0 Å². The molecule has 17 heavy (non-hydrogen) atoms. The molecular weight excluding hydrogens is 214 g/mol. The van der Waals surface area contributed by atoms with E-state index in [0.717, 1.165) is 44.8 Å². The van der Waals surface area contributed by atoms with Crippen LogP contribution < -0.4 is 5.73 Å². The van der Waals surface area contributed by atoms with Gasteiger partial charge in [0.1, 0.15) is 0 Å². The van der Waals surface area contributed by atoms with Crippen LogP contribution >= 0.6 is 0 Å². The second-order valence-corrected chi connectivity index (χ2v) is 5.93. The summed E-state index contributed by atoms with van der Waals surface area (Å²) >= 11 is 0. The summed E-state index contributed by atoms with van der Waals surface area (Å²) in [5.41, 5.74) is 6.47. The number of rotatable bonds is 3. The van der Waals surface area contributed by atoms with Crippen molar-refractivity contribution in [3.63, 3.8) is 0 Å². The fraction of sp³-hybridized carbons (Fsp3) is 1.00. The molecule has 1 unspecified atom stereocenters. The van der Waals surface area contributed by atoms with Crippen LogP contribution in [0.1, 0.15) is 45.4 Å². The summed E-state index contributed by atoms with van der Waals surface area (Å²) in [6.07, 6.45) is 6.96. The van der Waals surface area contributed by atoms with Gasteiger partial charge >= 0.3 is 0 Å². The first-order valence-corrected chi connectivity index (χ1v) is 7.06. The fourth-order valence-electron chi connectivity index (χ4n) is 3.43. The maximum Gasteiger partial charge on any atom is 0.0831 e. The topological polar surface area (TPSA) is 44.5 Å². The van der Waals surface area contributed by atoms with E-state index >= 15 is 0 Å². The number of methoxy groups -OCH3 is 1. The van der Waals surface area contributed by atoms with Crippen molar-refractivity contribution < 1.29 is 9.47 Å². The molecule has 0 aromatic carbocycles. The van der Waals surface area contributed by atoms with Gasteiger partial charge in [0.25, 0.3) is 0 Å². The Morgan fingerprint density at radius 3 is 2.29 bits per heavy atom. The maximum absolute atomic E-state index is 6.53. The van der Waals surface area contributed by atoms with Crippen molar-refractivity contribution in [2.24, 2.45) is 17.6 Å². The first-order chi connectivity index (χ1) is 8.18. The van der Waals surface area contributed by atoms with Gasteiger partial charge in [-0.05, 0) is 50.4 Å². The maximum atomic E-state index is 6.53. The van der Waals surface area contributed by atoms with Gasteiger partial charge in [-0.1, -0.05) is 6.92 Å². The predicted molar refractivity (Wildman–Crippen MR) is 68.9 cm³/mol. The van der Waals surface area contributed by atoms with Crippen molar-refractivity contribution in [1.29, 1.82) is 0 Å². The molecule has 1 aliphatic carbocycles. The van der Waals surface area contributed by atoms with E-state index in [1.54, 1.807) is 0 Å². The van der Waals surface area contributed by atoms with Gasteiger partial charge in [-0.3, -0.25) is 0 Å². The molecule has 0 aromatic rings. The molecule has 2 rings (SSSR count). The van der Waals surface area contributed by atoms with E-state index in [0.29, 0.717) is 5.92 Å². The zero-order chi connectivity index (χ0) is 12.3. The highest BCUT2D eigenvalue weighted by Crippen LogP contribution is 2.39. The van der Waals surface area contributed by atoms with Gasteiger partial charge in [-0.25, -0.2) is 0 Å². The fourth-order valence-corrected chi connectivity index (χ4v) is 3.43. The highest BCUT2D eigenvalue weighted by molar-refractivity contribution is 4.98.